The van der Waals surface area contributed by atoms with Crippen molar-refractivity contribution < 1.29 is 43.2 Å². The Kier molecular flexibility index (Phi) is 8.87. The molecule has 0 bridgehead atoms. The molecule has 2 aromatic carbocycles. The van der Waals surface area contributed by atoms with Crippen molar-refractivity contribution in [3.05, 3.63) is 71.8 Å². The van der Waals surface area contributed by atoms with E-state index >= 15 is 0 Å². The summed E-state index contributed by atoms with van der Waals surface area (Å²) in [5.74, 6) is -4.73. The number of aliphatic hydroxyl groups is 1. The van der Waals surface area contributed by atoms with E-state index in [1.165, 1.54) is 0 Å². The SMILES string of the molecule is CC(=O)OCO[C@@]1(C(C)=O)O[C@H](COCc2ccccc2)[C@@H](OCc2ccccc2)[C@]1(O)C(C)=O. The number of carbonyl (C=O) groups is 3. The van der Waals surface area contributed by atoms with Gasteiger partial charge in [-0.25, -0.2) is 0 Å². The maximum atomic E-state index is 12.9. The molecule has 0 aromatic heterocycles. The molecular formula is C26H30O9. The minimum Gasteiger partial charge on any atom is -0.439 e. The van der Waals surface area contributed by atoms with Crippen molar-refractivity contribution >= 4 is 17.5 Å². The van der Waals surface area contributed by atoms with Crippen molar-refractivity contribution in [3.63, 3.8) is 0 Å². The van der Waals surface area contributed by atoms with Gasteiger partial charge in [0, 0.05) is 13.8 Å². The first-order chi connectivity index (χ1) is 16.7. The largest absolute Gasteiger partial charge is 0.439 e. The van der Waals surface area contributed by atoms with Crippen LogP contribution in [0.15, 0.2) is 60.7 Å². The van der Waals surface area contributed by atoms with Crippen LogP contribution in [0.1, 0.15) is 31.9 Å². The van der Waals surface area contributed by atoms with Gasteiger partial charge in [0.1, 0.15) is 12.2 Å². The maximum Gasteiger partial charge on any atom is 0.304 e. The monoisotopic (exact) mass is 486 g/mol. The predicted molar refractivity (Wildman–Crippen MR) is 123 cm³/mol. The molecule has 0 amide bonds. The number of hydrogen-bond acceptors (Lipinski definition) is 9. The molecule has 35 heavy (non-hydrogen) atoms. The van der Waals surface area contributed by atoms with Gasteiger partial charge in [0.15, 0.2) is 18.4 Å². The molecule has 9 heteroatoms. The van der Waals surface area contributed by atoms with Crippen LogP contribution in [0.4, 0.5) is 0 Å². The molecule has 1 heterocycles. The number of ketones is 2. The zero-order valence-corrected chi connectivity index (χ0v) is 20.0. The Morgan fingerprint density at radius 3 is 1.97 bits per heavy atom. The Hall–Kier alpha value is -2.95. The molecule has 1 N–H and O–H groups in total. The quantitative estimate of drug-likeness (QED) is 0.356. The van der Waals surface area contributed by atoms with Crippen LogP contribution in [-0.2, 0) is 51.3 Å². The number of esters is 1. The number of carbonyl (C=O) groups excluding carboxylic acids is 3. The summed E-state index contributed by atoms with van der Waals surface area (Å²) in [4.78, 5) is 36.9. The molecule has 4 atom stereocenters. The second-order valence-corrected chi connectivity index (χ2v) is 8.27. The average Bonchev–Trinajstić information content (AvgIpc) is 3.08. The highest BCUT2D eigenvalue weighted by molar-refractivity contribution is 5.97. The fraction of sp³-hybridized carbons (Fsp3) is 0.423. The average molecular weight is 487 g/mol. The van der Waals surface area contributed by atoms with Crippen molar-refractivity contribution in [2.24, 2.45) is 0 Å². The highest BCUT2D eigenvalue weighted by Crippen LogP contribution is 2.44. The van der Waals surface area contributed by atoms with Crippen LogP contribution in [0.3, 0.4) is 0 Å². The molecule has 1 saturated heterocycles. The van der Waals surface area contributed by atoms with Crippen molar-refractivity contribution in [1.82, 2.24) is 0 Å². The maximum absolute atomic E-state index is 12.9. The molecule has 0 saturated carbocycles. The molecule has 0 unspecified atom stereocenters. The van der Waals surface area contributed by atoms with Crippen LogP contribution in [0, 0.1) is 0 Å². The molecule has 188 valence electrons. The predicted octanol–water partition coefficient (Wildman–Crippen LogP) is 2.33. The van der Waals surface area contributed by atoms with Gasteiger partial charge in [-0.05, 0) is 18.1 Å². The van der Waals surface area contributed by atoms with Crippen LogP contribution in [0.2, 0.25) is 0 Å². The minimum atomic E-state index is -2.53. The van der Waals surface area contributed by atoms with Crippen molar-refractivity contribution in [2.45, 2.75) is 57.6 Å². The highest BCUT2D eigenvalue weighted by atomic mass is 16.8. The van der Waals surface area contributed by atoms with E-state index in [9.17, 15) is 19.5 Å². The lowest BCUT2D eigenvalue weighted by atomic mass is 9.82. The van der Waals surface area contributed by atoms with Gasteiger partial charge < -0.3 is 28.8 Å². The van der Waals surface area contributed by atoms with Crippen LogP contribution in [-0.4, -0.2) is 59.6 Å². The lowest BCUT2D eigenvalue weighted by Gasteiger charge is -2.38. The Labute approximate surface area is 203 Å². The molecule has 3 rings (SSSR count). The second-order valence-electron chi connectivity index (χ2n) is 8.27. The van der Waals surface area contributed by atoms with Gasteiger partial charge in [0.2, 0.25) is 5.60 Å². The first-order valence-corrected chi connectivity index (χ1v) is 11.2. The van der Waals surface area contributed by atoms with E-state index in [0.717, 1.165) is 31.9 Å². The summed E-state index contributed by atoms with van der Waals surface area (Å²) in [5, 5.41) is 11.7. The van der Waals surface area contributed by atoms with Crippen LogP contribution in [0.5, 0.6) is 0 Å². The van der Waals surface area contributed by atoms with E-state index in [0.29, 0.717) is 0 Å². The Bertz CT molecular complexity index is 1010. The lowest BCUT2D eigenvalue weighted by Crippen LogP contribution is -2.66. The molecule has 0 aliphatic carbocycles. The summed E-state index contributed by atoms with van der Waals surface area (Å²) in [6.07, 6.45) is -2.38. The standard InChI is InChI=1S/C26H30O9/c1-18(27)25(30)24(32-15-22-12-8-5-9-13-22)23(16-31-14-21-10-6-4-7-11-21)35-26(25,19(2)28)34-17-33-20(3)29/h4-13,23-24,30H,14-17H2,1-3H3/t23-,24-,25-,26+/m1/s1. The summed E-state index contributed by atoms with van der Waals surface area (Å²) in [6, 6.07) is 18.5. The Morgan fingerprint density at radius 2 is 1.46 bits per heavy atom. The van der Waals surface area contributed by atoms with E-state index in [-0.39, 0.29) is 19.8 Å². The fourth-order valence-corrected chi connectivity index (χ4v) is 4.02. The van der Waals surface area contributed by atoms with Gasteiger partial charge in [-0.3, -0.25) is 14.4 Å². The van der Waals surface area contributed by atoms with Crippen molar-refractivity contribution in [1.29, 1.82) is 0 Å². The van der Waals surface area contributed by atoms with Gasteiger partial charge in [-0.2, -0.15) is 0 Å². The third kappa shape index (κ3) is 5.83. The van der Waals surface area contributed by atoms with Gasteiger partial charge in [0.25, 0.3) is 5.79 Å². The van der Waals surface area contributed by atoms with Crippen LogP contribution in [0.25, 0.3) is 0 Å². The summed E-state index contributed by atoms with van der Waals surface area (Å²) in [6.45, 7) is 2.81. The third-order valence-electron chi connectivity index (χ3n) is 5.76. The summed E-state index contributed by atoms with van der Waals surface area (Å²) in [7, 11) is 0. The zero-order valence-electron chi connectivity index (χ0n) is 20.0. The number of benzene rings is 2. The Morgan fingerprint density at radius 1 is 0.886 bits per heavy atom. The number of hydrogen-bond donors (Lipinski definition) is 1. The van der Waals surface area contributed by atoms with Crippen molar-refractivity contribution in [2.75, 3.05) is 13.4 Å². The summed E-state index contributed by atoms with van der Waals surface area (Å²) in [5.41, 5.74) is -0.851. The van der Waals surface area contributed by atoms with E-state index in [1.54, 1.807) is 0 Å². The molecule has 0 spiro atoms. The minimum absolute atomic E-state index is 0.0254. The van der Waals surface area contributed by atoms with E-state index in [1.807, 2.05) is 60.7 Å². The Balaban J connectivity index is 1.90. The van der Waals surface area contributed by atoms with Crippen LogP contribution >= 0.6 is 0 Å². The summed E-state index contributed by atoms with van der Waals surface area (Å²) < 4.78 is 28.0. The molecule has 9 nitrogen and oxygen atoms in total. The molecule has 0 radical (unpaired) electrons. The normalized spacial score (nSPS) is 25.8. The van der Waals surface area contributed by atoms with Crippen LogP contribution < -0.4 is 0 Å². The smallest absolute Gasteiger partial charge is 0.304 e. The first kappa shape index (κ1) is 26.7. The summed E-state index contributed by atoms with van der Waals surface area (Å²) >= 11 is 0. The van der Waals surface area contributed by atoms with E-state index < -0.39 is 47.9 Å². The topological polar surface area (TPSA) is 118 Å². The number of ether oxygens (including phenoxy) is 5. The van der Waals surface area contributed by atoms with Gasteiger partial charge >= 0.3 is 5.97 Å². The van der Waals surface area contributed by atoms with E-state index in [4.69, 9.17) is 23.7 Å². The molecule has 1 fully saturated rings. The fourth-order valence-electron chi connectivity index (χ4n) is 4.02. The number of rotatable bonds is 12. The molecule has 1 aliphatic heterocycles. The van der Waals surface area contributed by atoms with Gasteiger partial charge in [-0.1, -0.05) is 60.7 Å². The zero-order chi connectivity index (χ0) is 25.5. The van der Waals surface area contributed by atoms with Gasteiger partial charge in [0.05, 0.1) is 19.8 Å². The molecular weight excluding hydrogens is 456 g/mol. The molecule has 2 aromatic rings. The van der Waals surface area contributed by atoms with E-state index in [2.05, 4.69) is 0 Å². The van der Waals surface area contributed by atoms with Gasteiger partial charge in [-0.15, -0.1) is 0 Å². The number of Topliss-reactive ketones (excluding diaryl/α,β-unsaturated/α-hetero) is 2. The van der Waals surface area contributed by atoms with Crippen molar-refractivity contribution in [3.8, 4) is 0 Å². The third-order valence-corrected chi connectivity index (χ3v) is 5.76. The first-order valence-electron chi connectivity index (χ1n) is 11.2. The molecule has 1 aliphatic rings. The lowest BCUT2D eigenvalue weighted by molar-refractivity contribution is -0.289. The highest BCUT2D eigenvalue weighted by Gasteiger charge is 2.72. The second kappa shape index (κ2) is 11.7.